The highest BCUT2D eigenvalue weighted by Gasteiger charge is 2.46. The van der Waals surface area contributed by atoms with Gasteiger partial charge in [-0.15, -0.1) is 0 Å². The van der Waals surface area contributed by atoms with E-state index < -0.39 is 11.4 Å². The van der Waals surface area contributed by atoms with Crippen molar-refractivity contribution < 1.29 is 19.4 Å². The lowest BCUT2D eigenvalue weighted by Crippen LogP contribution is -2.40. The lowest BCUT2D eigenvalue weighted by Gasteiger charge is -2.24. The second-order valence-electron chi connectivity index (χ2n) is 5.98. The molecule has 0 spiro atoms. The Balaban J connectivity index is 1.84. The summed E-state index contributed by atoms with van der Waals surface area (Å²) in [6.45, 7) is 0.605. The van der Waals surface area contributed by atoms with Gasteiger partial charge in [0.25, 0.3) is 5.91 Å². The van der Waals surface area contributed by atoms with Crippen molar-refractivity contribution in [2.75, 3.05) is 26.8 Å². The minimum atomic E-state index is -1.04. The molecule has 3 rings (SSSR count). The molecule has 0 aliphatic carbocycles. The number of carboxylic acid groups (broad SMARTS) is 1. The van der Waals surface area contributed by atoms with Gasteiger partial charge in [0, 0.05) is 25.9 Å². The first-order chi connectivity index (χ1) is 11.6. The van der Waals surface area contributed by atoms with Crippen molar-refractivity contribution in [1.29, 1.82) is 0 Å². The highest BCUT2D eigenvalue weighted by atomic mass is 16.5. The summed E-state index contributed by atoms with van der Waals surface area (Å²) >= 11 is 0. The molecule has 1 unspecified atom stereocenters. The van der Waals surface area contributed by atoms with Gasteiger partial charge < -0.3 is 14.7 Å². The number of likely N-dealkylation sites (tertiary alicyclic amines) is 1. The van der Waals surface area contributed by atoms with E-state index in [1.54, 1.807) is 15.8 Å². The molecule has 1 saturated heterocycles. The molecule has 0 saturated carbocycles. The number of rotatable bonds is 5. The lowest BCUT2D eigenvalue weighted by molar-refractivity contribution is -0.151. The van der Waals surface area contributed by atoms with E-state index in [-0.39, 0.29) is 19.1 Å². The van der Waals surface area contributed by atoms with Crippen molar-refractivity contribution in [2.24, 2.45) is 5.41 Å². The smallest absolute Gasteiger partial charge is 0.313 e. The second-order valence-corrected chi connectivity index (χ2v) is 5.98. The Kier molecular flexibility index (Phi) is 4.35. The largest absolute Gasteiger partial charge is 0.481 e. The highest BCUT2D eigenvalue weighted by molar-refractivity contribution is 5.94. The van der Waals surface area contributed by atoms with Gasteiger partial charge in [0.05, 0.1) is 19.1 Å². The van der Waals surface area contributed by atoms with Gasteiger partial charge in [-0.1, -0.05) is 18.2 Å². The summed E-state index contributed by atoms with van der Waals surface area (Å²) < 4.78 is 6.77. The third-order valence-electron chi connectivity index (χ3n) is 4.41. The predicted octanol–water partition coefficient (Wildman–Crippen LogP) is 1.44. The standard InChI is InChI=1S/C17H19N3O4/c1-24-11-17(16(22)23)7-8-19(10-17)15(21)14-9-18-12-20(14)13-5-3-2-4-6-13/h2-6,9,12H,7-8,10-11H2,1H3,(H,22,23). The van der Waals surface area contributed by atoms with E-state index in [4.69, 9.17) is 4.74 Å². The van der Waals surface area contributed by atoms with Crippen molar-refractivity contribution >= 4 is 11.9 Å². The van der Waals surface area contributed by atoms with E-state index in [9.17, 15) is 14.7 Å². The Morgan fingerprint density at radius 3 is 2.75 bits per heavy atom. The molecule has 1 atom stereocenters. The number of methoxy groups -OCH3 is 1. The van der Waals surface area contributed by atoms with E-state index in [2.05, 4.69) is 4.98 Å². The third kappa shape index (κ3) is 2.78. The zero-order valence-electron chi connectivity index (χ0n) is 13.4. The maximum Gasteiger partial charge on any atom is 0.313 e. The molecule has 126 valence electrons. The van der Waals surface area contributed by atoms with Gasteiger partial charge in [0.15, 0.2) is 0 Å². The van der Waals surface area contributed by atoms with E-state index in [0.717, 1.165) is 5.69 Å². The molecule has 1 fully saturated rings. The lowest BCUT2D eigenvalue weighted by atomic mass is 9.88. The van der Waals surface area contributed by atoms with Crippen LogP contribution in [-0.4, -0.2) is 58.2 Å². The number of carboxylic acids is 1. The van der Waals surface area contributed by atoms with Crippen LogP contribution in [0.1, 0.15) is 16.9 Å². The zero-order chi connectivity index (χ0) is 17.2. The third-order valence-corrected chi connectivity index (χ3v) is 4.41. The van der Waals surface area contributed by atoms with E-state index >= 15 is 0 Å². The molecule has 1 amide bonds. The summed E-state index contributed by atoms with van der Waals surface area (Å²) in [5.41, 5.74) is 0.209. The number of carbonyl (C=O) groups excluding carboxylic acids is 1. The number of benzene rings is 1. The summed E-state index contributed by atoms with van der Waals surface area (Å²) in [5.74, 6) is -1.16. The van der Waals surface area contributed by atoms with Gasteiger partial charge in [-0.3, -0.25) is 14.2 Å². The van der Waals surface area contributed by atoms with Crippen LogP contribution >= 0.6 is 0 Å². The first-order valence-corrected chi connectivity index (χ1v) is 7.67. The molecule has 2 heterocycles. The zero-order valence-corrected chi connectivity index (χ0v) is 13.4. The van der Waals surface area contributed by atoms with Crippen molar-refractivity contribution in [3.8, 4) is 5.69 Å². The minimum Gasteiger partial charge on any atom is -0.481 e. The molecule has 7 nitrogen and oxygen atoms in total. The average Bonchev–Trinajstić information content (AvgIpc) is 3.23. The van der Waals surface area contributed by atoms with Gasteiger partial charge in [0.1, 0.15) is 11.1 Å². The van der Waals surface area contributed by atoms with Crippen molar-refractivity contribution in [2.45, 2.75) is 6.42 Å². The summed E-state index contributed by atoms with van der Waals surface area (Å²) in [7, 11) is 1.47. The Labute approximate surface area is 139 Å². The van der Waals surface area contributed by atoms with Gasteiger partial charge in [-0.25, -0.2) is 4.98 Å². The topological polar surface area (TPSA) is 84.7 Å². The van der Waals surface area contributed by atoms with Gasteiger partial charge in [-0.2, -0.15) is 0 Å². The van der Waals surface area contributed by atoms with Crippen LogP contribution in [0.4, 0.5) is 0 Å². The highest BCUT2D eigenvalue weighted by Crippen LogP contribution is 2.32. The molecule has 24 heavy (non-hydrogen) atoms. The van der Waals surface area contributed by atoms with Crippen LogP contribution in [0.2, 0.25) is 0 Å². The van der Waals surface area contributed by atoms with Crippen LogP contribution < -0.4 is 0 Å². The first kappa shape index (κ1) is 16.2. The van der Waals surface area contributed by atoms with E-state index in [1.807, 2.05) is 30.3 Å². The number of aliphatic carboxylic acids is 1. The molecular weight excluding hydrogens is 310 g/mol. The fraction of sp³-hybridized carbons (Fsp3) is 0.353. The van der Waals surface area contributed by atoms with Crippen LogP contribution in [0.25, 0.3) is 5.69 Å². The number of para-hydroxylation sites is 1. The molecule has 2 aromatic rings. The van der Waals surface area contributed by atoms with Gasteiger partial charge in [-0.05, 0) is 18.6 Å². The Morgan fingerprint density at radius 2 is 2.08 bits per heavy atom. The molecule has 1 aromatic heterocycles. The second kappa shape index (κ2) is 6.45. The first-order valence-electron chi connectivity index (χ1n) is 7.67. The normalized spacial score (nSPS) is 20.3. The van der Waals surface area contributed by atoms with Gasteiger partial charge >= 0.3 is 5.97 Å². The molecule has 0 radical (unpaired) electrons. The fourth-order valence-corrected chi connectivity index (χ4v) is 3.09. The van der Waals surface area contributed by atoms with Gasteiger partial charge in [0.2, 0.25) is 0 Å². The number of hydrogen-bond donors (Lipinski definition) is 1. The monoisotopic (exact) mass is 329 g/mol. The number of nitrogens with zero attached hydrogens (tertiary/aromatic N) is 3. The minimum absolute atomic E-state index is 0.0874. The Bertz CT molecular complexity index is 743. The van der Waals surface area contributed by atoms with Crippen LogP contribution in [0.15, 0.2) is 42.9 Å². The summed E-state index contributed by atoms with van der Waals surface area (Å²) in [6.07, 6.45) is 3.46. The number of amides is 1. The number of ether oxygens (including phenoxy) is 1. The number of aromatic nitrogens is 2. The Hall–Kier alpha value is -2.67. The number of imidazole rings is 1. The molecule has 7 heteroatoms. The van der Waals surface area contributed by atoms with Crippen molar-refractivity contribution in [3.63, 3.8) is 0 Å². The molecule has 1 aromatic carbocycles. The van der Waals surface area contributed by atoms with E-state index in [0.29, 0.717) is 18.7 Å². The summed E-state index contributed by atoms with van der Waals surface area (Å²) in [4.78, 5) is 30.1. The molecule has 1 aliphatic rings. The maximum absolute atomic E-state index is 12.8. The Morgan fingerprint density at radius 1 is 1.33 bits per heavy atom. The van der Waals surface area contributed by atoms with Crippen LogP contribution in [0, 0.1) is 5.41 Å². The number of carbonyl (C=O) groups is 2. The average molecular weight is 329 g/mol. The van der Waals surface area contributed by atoms with Crippen LogP contribution in [0.3, 0.4) is 0 Å². The van der Waals surface area contributed by atoms with Crippen LogP contribution in [-0.2, 0) is 9.53 Å². The molecule has 1 aliphatic heterocycles. The number of hydrogen-bond acceptors (Lipinski definition) is 4. The summed E-state index contributed by atoms with van der Waals surface area (Å²) in [6, 6.07) is 9.43. The SMILES string of the molecule is COCC1(C(=O)O)CCN(C(=O)c2cncn2-c2ccccc2)C1. The van der Waals surface area contributed by atoms with Crippen LogP contribution in [0.5, 0.6) is 0 Å². The molecule has 1 N–H and O–H groups in total. The maximum atomic E-state index is 12.8. The molecule has 0 bridgehead atoms. The molecular formula is C17H19N3O4. The van der Waals surface area contributed by atoms with Crippen molar-refractivity contribution in [3.05, 3.63) is 48.5 Å². The van der Waals surface area contributed by atoms with E-state index in [1.165, 1.54) is 13.3 Å². The quantitative estimate of drug-likeness (QED) is 0.897. The fourth-order valence-electron chi connectivity index (χ4n) is 3.09. The predicted molar refractivity (Wildman–Crippen MR) is 86.0 cm³/mol. The summed E-state index contributed by atoms with van der Waals surface area (Å²) in [5, 5.41) is 9.52. The van der Waals surface area contributed by atoms with Crippen molar-refractivity contribution in [1.82, 2.24) is 14.5 Å².